The van der Waals surface area contributed by atoms with Crippen molar-refractivity contribution in [2.75, 3.05) is 79.5 Å². The van der Waals surface area contributed by atoms with Crippen LogP contribution in [0.25, 0.3) is 0 Å². The van der Waals surface area contributed by atoms with Crippen molar-refractivity contribution in [3.05, 3.63) is 68.7 Å². The number of nitrogens with one attached hydrogen (secondary N) is 5. The van der Waals surface area contributed by atoms with Gasteiger partial charge in [-0.2, -0.15) is 47.9 Å². The summed E-state index contributed by atoms with van der Waals surface area (Å²) in [7, 11) is -4.26. The Kier molecular flexibility index (Phi) is 113. The first kappa shape index (κ1) is 146. The van der Waals surface area contributed by atoms with Crippen molar-refractivity contribution in [1.29, 1.82) is 0 Å². The highest BCUT2D eigenvalue weighted by molar-refractivity contribution is 6.42. The number of aryl methyl sites for hydroxylation is 1. The van der Waals surface area contributed by atoms with Gasteiger partial charge >= 0.3 is 92.5 Å². The number of likely N-dealkylation sites (tertiary alicyclic amines) is 2. The summed E-state index contributed by atoms with van der Waals surface area (Å²) in [5.74, 6) is -2.21. The number of rotatable bonds is 64. The number of carbonyl (C=O) groups is 2. The lowest BCUT2D eigenvalue weighted by Crippen LogP contribution is -2.32. The summed E-state index contributed by atoms with van der Waals surface area (Å²) in [5, 5.41) is 159. The van der Waals surface area contributed by atoms with Gasteiger partial charge in [0.1, 0.15) is 0 Å². The number of hydrogen-bond donors (Lipinski definition) is 24. The van der Waals surface area contributed by atoms with Gasteiger partial charge in [0, 0.05) is 57.4 Å². The summed E-state index contributed by atoms with van der Waals surface area (Å²) < 4.78 is 0. The number of benzene rings is 2. The lowest BCUT2D eigenvalue weighted by Gasteiger charge is -2.27. The van der Waals surface area contributed by atoms with E-state index >= 15 is 0 Å². The highest BCUT2D eigenvalue weighted by atomic mass is 35.5. The van der Waals surface area contributed by atoms with Gasteiger partial charge in [-0.25, -0.2) is 0 Å². The van der Waals surface area contributed by atoms with E-state index in [1.165, 1.54) is 149 Å². The maximum absolute atomic E-state index is 11.2. The molecule has 4 aliphatic heterocycles. The fraction of sp³-hybridized carbons (Fsp3) is 0.796. The molecule has 4 saturated heterocycles. The fourth-order valence-corrected chi connectivity index (χ4v) is 16.8. The molecule has 808 valence electrons. The van der Waals surface area contributed by atoms with Gasteiger partial charge < -0.3 is 134 Å². The van der Waals surface area contributed by atoms with Crippen molar-refractivity contribution in [2.24, 2.45) is 29.0 Å². The number of piperidine rings is 2. The first-order valence-electron chi connectivity index (χ1n) is 50.8. The number of unbranched alkanes of at least 4 members (excludes halogenated alkanes) is 7. The van der Waals surface area contributed by atoms with Gasteiger partial charge in [-0.1, -0.05) is 163 Å². The predicted octanol–water partition coefficient (Wildman–Crippen LogP) is 7.26. The van der Waals surface area contributed by atoms with E-state index in [9.17, 15) is 14.7 Å². The van der Waals surface area contributed by atoms with Gasteiger partial charge in [-0.3, -0.25) is 9.59 Å². The predicted molar refractivity (Wildman–Crippen MR) is 551 cm³/mol. The minimum absolute atomic E-state index is 0.193. The zero-order chi connectivity index (χ0) is 107. The number of carbonyl (C=O) groups excluding carboxylic acids is 10. The van der Waals surface area contributed by atoms with Gasteiger partial charge in [0.2, 0.25) is 0 Å². The summed E-state index contributed by atoms with van der Waals surface area (Å²) >= 11 is 17.8. The molecule has 0 radical (unpaired) electrons. The first-order chi connectivity index (χ1) is 67.4. The SMILES string of the molecule is CCC(CCCCB(O)O)C(=O)O.CNC(CCCCB(O)O)CCC1CCCN1.CNC(CCCCB(O)O)CCCN1CCCCC1.NC(CCCCB(O)O)CCC1CCCN1.NC(CCCCB(O)O)CCCN1CCCCC1.NC(CCCCB(O)O)CCCNCCc1ccc(Cl)cc1Cl.O=C(O)C(CCCCB(O)O)CCc1ccc(Cl)cc1.O=C=O.O=C=O.O=C=O.O=C=O.O=C=O. The average Bonchev–Trinajstić information content (AvgIpc) is 1.29. The van der Waals surface area contributed by atoms with Gasteiger partial charge in [0.15, 0.2) is 0 Å². The molecular weight excluding hydrogens is 1890 g/mol. The second kappa shape index (κ2) is 109. The standard InChI is InChI=1S/C16H27BCl2N2O2.C14H20BClO4.C14H31BN2O2.C13H29BN2O2.C12H27BN2O2.C11H25BN2O2.C8H17BO4.5CO2/c18-14-7-6-13(16(19)12-14)8-11-21-10-3-5-15(20)4-1-2-9-17(22)23;16-13-8-5-11(6-9-13)4-7-12(14(17)18)3-1-2-10-15(19)20;1-16-14(8-3-4-10-15(18)19)9-7-13-17-11-5-2-6-12-17;15-13(7-2-3-9-14(17)18)8-6-12-16-10-4-1-5-11-16;1-14-11(5-2-3-9-13(16)17)7-8-12-6-4-10-15-12;13-10(4-1-2-8-12(15)16)6-7-11-5-3-9-14-11;1-2-7(8(10)11)5-3-4-6-9(12)13;5*2-1-3/h6-7,12,15,21-23H,1-5,8-11,20H2;5-6,8-9,12,19-20H,1-4,7,10H2,(H,17,18);14,16,18-19H,2-13H2,1H3;13,17-18H,1-12,15H2;11-12,14-17H,2-10H2,1H3;10-11,14-16H,1-9,13H2;7,12-13H,2-6H2,1H3,(H,10,11);;;;;. The van der Waals surface area contributed by atoms with Crippen LogP contribution < -0.4 is 43.8 Å². The monoisotopic (exact) mass is 2060 g/mol. The Morgan fingerprint density at radius 2 is 0.695 bits per heavy atom. The van der Waals surface area contributed by atoms with E-state index in [0.29, 0.717) is 129 Å². The molecule has 2 aromatic carbocycles. The Morgan fingerprint density at radius 1 is 0.383 bits per heavy atom. The molecule has 0 spiro atoms. The molecule has 48 heteroatoms. The second-order valence-corrected chi connectivity index (χ2v) is 37.2. The third kappa shape index (κ3) is 110. The Bertz CT molecular complexity index is 3220. The minimum Gasteiger partial charge on any atom is -0.481 e. The topological polar surface area (TPSA) is 673 Å². The summed E-state index contributed by atoms with van der Waals surface area (Å²) in [6, 6.07) is 16.3. The maximum Gasteiger partial charge on any atom is 0.451 e. The number of hydrogen-bond acceptors (Lipinski definition) is 36. The summed E-state index contributed by atoms with van der Waals surface area (Å²) in [4.78, 5) is 108. The zero-order valence-electron chi connectivity index (χ0n) is 84.4. The molecular formula is C93H176B7Cl3N10O28. The lowest BCUT2D eigenvalue weighted by molar-refractivity contribution is -0.193. The Morgan fingerprint density at radius 3 is 1.04 bits per heavy atom. The van der Waals surface area contributed by atoms with Gasteiger partial charge in [-0.05, 0) is 345 Å². The molecule has 0 aromatic heterocycles. The van der Waals surface area contributed by atoms with Crippen molar-refractivity contribution in [3.8, 4) is 0 Å². The summed E-state index contributed by atoms with van der Waals surface area (Å²) in [6.45, 7) is 13.6. The molecule has 0 aliphatic carbocycles. The van der Waals surface area contributed by atoms with Crippen LogP contribution in [0, 0.1) is 11.8 Å². The van der Waals surface area contributed by atoms with Gasteiger partial charge in [-0.15, -0.1) is 0 Å². The molecule has 6 rings (SSSR count). The van der Waals surface area contributed by atoms with E-state index in [4.69, 9.17) is 175 Å². The van der Waals surface area contributed by atoms with Crippen LogP contribution in [0.1, 0.15) is 294 Å². The summed E-state index contributed by atoms with van der Waals surface area (Å²) in [6.07, 6.45) is 50.7. The zero-order valence-corrected chi connectivity index (χ0v) is 86.7. The van der Waals surface area contributed by atoms with Crippen LogP contribution in [-0.2, 0) is 70.4 Å². The van der Waals surface area contributed by atoms with Crippen LogP contribution in [0.3, 0.4) is 0 Å². The molecule has 27 N–H and O–H groups in total. The fourth-order valence-electron chi connectivity index (χ4n) is 16.1. The van der Waals surface area contributed by atoms with Crippen molar-refractivity contribution >= 4 is 127 Å². The van der Waals surface area contributed by atoms with E-state index in [-0.39, 0.29) is 60.7 Å². The van der Waals surface area contributed by atoms with E-state index in [1.54, 1.807) is 18.2 Å². The van der Waals surface area contributed by atoms with Crippen molar-refractivity contribution in [1.82, 2.24) is 36.4 Å². The van der Waals surface area contributed by atoms with Gasteiger partial charge in [0.25, 0.3) is 0 Å². The van der Waals surface area contributed by atoms with Crippen molar-refractivity contribution < 1.29 is 138 Å². The third-order valence-electron chi connectivity index (χ3n) is 24.2. The highest BCUT2D eigenvalue weighted by Crippen LogP contribution is 2.25. The van der Waals surface area contributed by atoms with Crippen LogP contribution in [0.5, 0.6) is 0 Å². The number of aliphatic carboxylic acids is 2. The Balaban J connectivity index is -0.000000369. The minimum atomic E-state index is -1.30. The van der Waals surface area contributed by atoms with Crippen LogP contribution in [0.4, 0.5) is 0 Å². The molecule has 4 aliphatic rings. The van der Waals surface area contributed by atoms with E-state index in [2.05, 4.69) is 36.4 Å². The third-order valence-corrected chi connectivity index (χ3v) is 25.0. The van der Waals surface area contributed by atoms with Crippen LogP contribution in [-0.4, -0.2) is 305 Å². The quantitative estimate of drug-likeness (QED) is 0.0229. The molecule has 141 heavy (non-hydrogen) atoms. The first-order valence-corrected chi connectivity index (χ1v) is 51.9. The largest absolute Gasteiger partial charge is 0.481 e. The second-order valence-electron chi connectivity index (χ2n) is 35.9. The Labute approximate surface area is 856 Å². The van der Waals surface area contributed by atoms with Crippen LogP contribution >= 0.6 is 34.8 Å². The average molecular weight is 2060 g/mol. The normalized spacial score (nSPS) is 15.2. The number of nitrogens with zero attached hydrogens (tertiary/aromatic N) is 2. The van der Waals surface area contributed by atoms with E-state index in [1.807, 2.05) is 45.3 Å². The van der Waals surface area contributed by atoms with Crippen LogP contribution in [0.2, 0.25) is 59.3 Å². The number of carboxylic acid groups (broad SMARTS) is 2. The molecule has 2 aromatic rings. The van der Waals surface area contributed by atoms with E-state index in [0.717, 1.165) is 172 Å². The smallest absolute Gasteiger partial charge is 0.451 e. The lowest BCUT2D eigenvalue weighted by atomic mass is 9.82. The van der Waals surface area contributed by atoms with Crippen molar-refractivity contribution in [3.63, 3.8) is 0 Å². The number of halogens is 3. The molecule has 4 fully saturated rings. The molecule has 9 atom stereocenters. The summed E-state index contributed by atoms with van der Waals surface area (Å²) in [5.41, 5.74) is 20.3. The maximum atomic E-state index is 11.2. The Hall–Kier alpha value is -5.36. The molecule has 9 unspecified atom stereocenters. The highest BCUT2D eigenvalue weighted by Gasteiger charge is 2.23. The van der Waals surface area contributed by atoms with Gasteiger partial charge in [0.05, 0.1) is 11.8 Å². The molecule has 0 saturated carbocycles. The molecule has 4 heterocycles. The number of nitrogens with two attached hydrogens (primary N) is 3. The molecule has 0 amide bonds. The molecule has 0 bridgehead atoms. The number of carboxylic acids is 2. The molecule has 38 nitrogen and oxygen atoms in total. The van der Waals surface area contributed by atoms with Crippen molar-refractivity contribution in [2.45, 2.75) is 382 Å². The van der Waals surface area contributed by atoms with Crippen LogP contribution in [0.15, 0.2) is 42.5 Å². The van der Waals surface area contributed by atoms with E-state index < -0.39 is 61.8 Å².